The van der Waals surface area contributed by atoms with Crippen LogP contribution in [-0.4, -0.2) is 126 Å². The minimum Gasteiger partial charge on any atom is -0.480 e. The van der Waals surface area contributed by atoms with Crippen molar-refractivity contribution in [3.05, 3.63) is 87.6 Å². The summed E-state index contributed by atoms with van der Waals surface area (Å²) in [5.74, 6) is -2.34. The number of ether oxygens (including phenoxy) is 2. The fourth-order valence-electron chi connectivity index (χ4n) is 9.36. The van der Waals surface area contributed by atoms with Gasteiger partial charge in [-0.15, -0.1) is 11.3 Å². The lowest BCUT2D eigenvalue weighted by molar-refractivity contribution is -0.143. The Hall–Kier alpha value is -7.04. The monoisotopic (exact) mass is 1090 g/mol. The van der Waals surface area contributed by atoms with Gasteiger partial charge in [-0.1, -0.05) is 90.8 Å². The number of hydrogen-bond acceptors (Lipinski definition) is 15. The van der Waals surface area contributed by atoms with E-state index in [1.54, 1.807) is 29.6 Å². The maximum atomic E-state index is 14.7. The van der Waals surface area contributed by atoms with E-state index in [1.165, 1.54) is 17.7 Å². The Labute approximate surface area is 460 Å². The number of aliphatic carboxylic acids is 1. The van der Waals surface area contributed by atoms with Gasteiger partial charge in [-0.3, -0.25) is 28.9 Å². The van der Waals surface area contributed by atoms with Crippen molar-refractivity contribution >= 4 is 69.6 Å². The summed E-state index contributed by atoms with van der Waals surface area (Å²) in [5, 5.41) is 23.8. The quantitative estimate of drug-likeness (QED) is 0.0245. The number of nitrogen functional groups attached to an aromatic ring is 1. The van der Waals surface area contributed by atoms with Crippen molar-refractivity contribution in [1.82, 2.24) is 50.7 Å². The van der Waals surface area contributed by atoms with Crippen molar-refractivity contribution in [3.8, 4) is 5.88 Å². The summed E-state index contributed by atoms with van der Waals surface area (Å²) >= 11 is 1.24. The summed E-state index contributed by atoms with van der Waals surface area (Å²) in [7, 11) is 1.96. The van der Waals surface area contributed by atoms with Crippen LogP contribution in [0.4, 0.5) is 11.6 Å². The maximum Gasteiger partial charge on any atom is 0.326 e. The number of carboxylic acids is 1. The molecule has 1 aliphatic heterocycles. The summed E-state index contributed by atoms with van der Waals surface area (Å²) < 4.78 is 12.3. The number of hydrogen-bond donors (Lipinski definition) is 7. The Kier molecular flexibility index (Phi) is 22.9. The molecule has 4 heterocycles. The van der Waals surface area contributed by atoms with Crippen LogP contribution in [0.25, 0.3) is 11.2 Å². The molecular formula is C56H78N12O9S. The Morgan fingerprint density at radius 2 is 1.63 bits per heavy atom. The van der Waals surface area contributed by atoms with Crippen LogP contribution in [-0.2, 0) is 48.3 Å². The van der Waals surface area contributed by atoms with Gasteiger partial charge in [-0.25, -0.2) is 14.8 Å². The number of amides is 5. The molecule has 5 aromatic rings. The number of likely N-dealkylation sites (tertiary alicyclic amines) is 1. The molecule has 0 bridgehead atoms. The van der Waals surface area contributed by atoms with Crippen molar-refractivity contribution in [1.29, 1.82) is 0 Å². The molecule has 2 aromatic carbocycles. The van der Waals surface area contributed by atoms with E-state index in [0.29, 0.717) is 78.7 Å². The zero-order valence-corrected chi connectivity index (χ0v) is 46.8. The third-order valence-electron chi connectivity index (χ3n) is 14.0. The van der Waals surface area contributed by atoms with Gasteiger partial charge in [0.15, 0.2) is 5.65 Å². The molecule has 21 nitrogen and oxygen atoms in total. The van der Waals surface area contributed by atoms with Crippen LogP contribution in [0.2, 0.25) is 0 Å². The zero-order valence-electron chi connectivity index (χ0n) is 46.0. The molecule has 0 aliphatic carbocycles. The molecule has 5 amide bonds. The second-order valence-electron chi connectivity index (χ2n) is 20.4. The third-order valence-corrected chi connectivity index (χ3v) is 15.0. The molecule has 6 atom stereocenters. The predicted octanol–water partition coefficient (Wildman–Crippen LogP) is 6.96. The van der Waals surface area contributed by atoms with Crippen LogP contribution in [0.3, 0.4) is 0 Å². The number of anilines is 2. The molecule has 3 aromatic heterocycles. The molecule has 1 fully saturated rings. The number of benzene rings is 2. The first-order valence-electron chi connectivity index (χ1n) is 27.2. The Morgan fingerprint density at radius 1 is 0.910 bits per heavy atom. The lowest BCUT2D eigenvalue weighted by Gasteiger charge is -2.40. The average molecular weight is 1100 g/mol. The van der Waals surface area contributed by atoms with Gasteiger partial charge in [0.05, 0.1) is 12.4 Å². The lowest BCUT2D eigenvalue weighted by atomic mass is 9.92. The molecule has 8 N–H and O–H groups in total. The van der Waals surface area contributed by atoms with E-state index in [1.807, 2.05) is 63.9 Å². The van der Waals surface area contributed by atoms with E-state index < -0.39 is 30.1 Å². The SMILES string of the molecule is CCCO[C@H](CC(C(C)C)N(CCC)C(=O)[C@@H](NC(=O)[C@H]1CCCCN1C)[C@@H](C)CC)c1nc(C(=O)N[C@@H](Cc2ccc(NC(=O)CCCC(=O)NCc3ccc(COc4nc(N)nc5nc[nH]c45)cc3)cc2)C(=O)O)cs1. The number of H-pyrrole nitrogens is 1. The van der Waals surface area contributed by atoms with Crippen molar-refractivity contribution in [3.63, 3.8) is 0 Å². The first-order valence-corrected chi connectivity index (χ1v) is 28.1. The zero-order chi connectivity index (χ0) is 56.3. The smallest absolute Gasteiger partial charge is 0.326 e. The summed E-state index contributed by atoms with van der Waals surface area (Å²) in [5.41, 5.74) is 9.65. The topological polar surface area (TPSA) is 289 Å². The van der Waals surface area contributed by atoms with E-state index in [4.69, 9.17) is 15.2 Å². The van der Waals surface area contributed by atoms with E-state index in [2.05, 4.69) is 64.9 Å². The van der Waals surface area contributed by atoms with Gasteiger partial charge in [0.1, 0.15) is 41.0 Å². The number of thiazole rings is 1. The second kappa shape index (κ2) is 29.6. The standard InChI is InChI=1S/C56H78N12O9S/c1-8-25-68(54(73)47(35(6)10-3)64-51(72)42-14-11-12-26-67(42)7)43(34(4)5)29-44(76-27-9-2)53-63-41(32-78-53)50(71)62-40(55(74)75)28-36-21-23-39(24-22-36)61-46(70)16-13-15-45(69)58-30-37-17-19-38(20-18-37)31-77-52-48-49(60-33-59-48)65-56(57)66-52/h17-24,32-35,40,42-44,47H,8-16,25-31H2,1-7H3,(H,58,69)(H,61,70)(H,62,71)(H,64,72)(H,74,75)(H3,57,59,60,65,66)/t35-,40-,42+,43?,44+,47-/m0/s1. The number of aromatic amines is 1. The molecule has 0 spiro atoms. The number of rotatable bonds is 30. The van der Waals surface area contributed by atoms with Gasteiger partial charge in [0.25, 0.3) is 5.91 Å². The van der Waals surface area contributed by atoms with Crippen molar-refractivity contribution in [2.24, 2.45) is 11.8 Å². The van der Waals surface area contributed by atoms with Crippen molar-refractivity contribution < 1.29 is 43.3 Å². The van der Waals surface area contributed by atoms with Gasteiger partial charge in [-0.2, -0.15) is 9.97 Å². The molecule has 0 radical (unpaired) electrons. The van der Waals surface area contributed by atoms with Crippen molar-refractivity contribution in [2.75, 3.05) is 37.8 Å². The first-order chi connectivity index (χ1) is 37.5. The number of carbonyl (C=O) groups is 6. The largest absolute Gasteiger partial charge is 0.480 e. The predicted molar refractivity (Wildman–Crippen MR) is 298 cm³/mol. The number of imidazole rings is 1. The van der Waals surface area contributed by atoms with Gasteiger partial charge in [-0.05, 0) is 86.4 Å². The Morgan fingerprint density at radius 3 is 2.31 bits per heavy atom. The highest BCUT2D eigenvalue weighted by Crippen LogP contribution is 2.32. The maximum absolute atomic E-state index is 14.7. The minimum atomic E-state index is -1.29. The number of fused-ring (bicyclic) bond motifs is 1. The van der Waals surface area contributed by atoms with E-state index >= 15 is 0 Å². The molecule has 6 rings (SSSR count). The van der Waals surface area contributed by atoms with E-state index in [-0.39, 0.29) is 85.1 Å². The molecule has 0 saturated carbocycles. The van der Waals surface area contributed by atoms with Crippen LogP contribution < -0.4 is 31.7 Å². The summed E-state index contributed by atoms with van der Waals surface area (Å²) in [6.07, 6.45) is 6.76. The molecule has 1 unspecified atom stereocenters. The summed E-state index contributed by atoms with van der Waals surface area (Å²) in [4.78, 5) is 104. The van der Waals surface area contributed by atoms with E-state index in [0.717, 1.165) is 43.4 Å². The second-order valence-corrected chi connectivity index (χ2v) is 21.3. The molecule has 22 heteroatoms. The Bertz CT molecular complexity index is 2770. The van der Waals surface area contributed by atoms with Crippen molar-refractivity contribution in [2.45, 2.75) is 156 Å². The minimum absolute atomic E-state index is 0.00640. The Balaban J connectivity index is 0.973. The number of piperidine rings is 1. The third kappa shape index (κ3) is 17.2. The van der Waals surface area contributed by atoms with Crippen LogP contribution in [0.15, 0.2) is 60.2 Å². The van der Waals surface area contributed by atoms with Crippen LogP contribution in [0.5, 0.6) is 5.88 Å². The number of likely N-dealkylation sites (N-methyl/N-ethyl adjacent to an activating group) is 1. The number of nitrogens with one attached hydrogen (secondary N) is 5. The molecule has 1 aliphatic rings. The van der Waals surface area contributed by atoms with Gasteiger partial charge in [0.2, 0.25) is 35.5 Å². The molecule has 78 heavy (non-hydrogen) atoms. The summed E-state index contributed by atoms with van der Waals surface area (Å²) in [6, 6.07) is 11.7. The van der Waals surface area contributed by atoms with Gasteiger partial charge >= 0.3 is 5.97 Å². The fourth-order valence-corrected chi connectivity index (χ4v) is 10.2. The number of carboxylic acid groups (broad SMARTS) is 1. The summed E-state index contributed by atoms with van der Waals surface area (Å²) in [6.45, 7) is 14.5. The van der Waals surface area contributed by atoms with Crippen LogP contribution >= 0.6 is 11.3 Å². The number of carbonyl (C=O) groups excluding carboxylic acids is 5. The lowest BCUT2D eigenvalue weighted by Crippen LogP contribution is -2.58. The highest BCUT2D eigenvalue weighted by atomic mass is 32.1. The molecule has 1 saturated heterocycles. The van der Waals surface area contributed by atoms with Gasteiger partial charge < -0.3 is 51.5 Å². The number of aromatic nitrogens is 5. The first kappa shape index (κ1) is 60.2. The average Bonchev–Trinajstić information content (AvgIpc) is 4.13. The number of nitrogens with zero attached hydrogens (tertiary/aromatic N) is 6. The molecule has 422 valence electrons. The van der Waals surface area contributed by atoms with E-state index in [9.17, 15) is 33.9 Å². The van der Waals surface area contributed by atoms with Crippen LogP contribution in [0.1, 0.15) is 144 Å². The fraction of sp³-hybridized carbons (Fsp3) is 0.536. The number of nitrogens with two attached hydrogens (primary N) is 1. The highest BCUT2D eigenvalue weighted by molar-refractivity contribution is 7.09. The van der Waals surface area contributed by atoms with Crippen LogP contribution in [0, 0.1) is 11.8 Å². The normalized spacial score (nSPS) is 15.7. The highest BCUT2D eigenvalue weighted by Gasteiger charge is 2.38. The molecular weight excluding hydrogens is 1020 g/mol. The van der Waals surface area contributed by atoms with Gasteiger partial charge in [0, 0.05) is 62.5 Å².